The maximum Gasteiger partial charge on any atom is 0.416 e. The number of halogens is 3. The summed E-state index contributed by atoms with van der Waals surface area (Å²) in [5.41, 5.74) is 5.25. The number of carbonyl (C=O) groups excluding carboxylic acids is 3. The monoisotopic (exact) mass is 486 g/mol. The Hall–Kier alpha value is -3.69. The van der Waals surface area contributed by atoms with Crippen molar-refractivity contribution in [3.8, 4) is 0 Å². The zero-order valence-electron chi connectivity index (χ0n) is 19.1. The van der Waals surface area contributed by atoms with Crippen LogP contribution < -0.4 is 16.0 Å². The highest BCUT2D eigenvalue weighted by atomic mass is 19.4. The van der Waals surface area contributed by atoms with Crippen LogP contribution in [0.15, 0.2) is 53.5 Å². The molecule has 1 heterocycles. The first-order chi connectivity index (χ1) is 16.5. The van der Waals surface area contributed by atoms with Gasteiger partial charge in [0, 0.05) is 24.6 Å². The predicted molar refractivity (Wildman–Crippen MR) is 124 cm³/mol. The first-order valence-corrected chi connectivity index (χ1v) is 11.2. The number of para-hydroxylation sites is 1. The van der Waals surface area contributed by atoms with Crippen LogP contribution in [0, 0.1) is 5.41 Å². The quantitative estimate of drug-likeness (QED) is 0.677. The minimum Gasteiger partial charge on any atom is -0.370 e. The number of amides is 3. The highest BCUT2D eigenvalue weighted by molar-refractivity contribution is 6.20. The molecule has 7 nitrogen and oxygen atoms in total. The minimum absolute atomic E-state index is 0.134. The molecule has 0 aromatic heterocycles. The van der Waals surface area contributed by atoms with Crippen LogP contribution >= 0.6 is 0 Å². The Balaban J connectivity index is 1.76. The van der Waals surface area contributed by atoms with Crippen LogP contribution in [-0.2, 0) is 20.6 Å². The van der Waals surface area contributed by atoms with E-state index in [9.17, 15) is 27.6 Å². The summed E-state index contributed by atoms with van der Waals surface area (Å²) in [5, 5.41) is 2.69. The summed E-state index contributed by atoms with van der Waals surface area (Å²) in [5.74, 6) is -1.60. The number of nitrogens with zero attached hydrogens (tertiary/aromatic N) is 2. The van der Waals surface area contributed by atoms with Crippen LogP contribution in [0.5, 0.6) is 0 Å². The Bertz CT molecular complexity index is 1190. The third-order valence-electron chi connectivity index (χ3n) is 6.65. The Morgan fingerprint density at radius 2 is 1.74 bits per heavy atom. The van der Waals surface area contributed by atoms with Gasteiger partial charge in [0.25, 0.3) is 5.91 Å². The number of benzodiazepines with no additional fused rings is 1. The lowest BCUT2D eigenvalue weighted by molar-refractivity contribution is -0.137. The molecule has 1 atom stereocenters. The molecule has 4 rings (SSSR count). The van der Waals surface area contributed by atoms with E-state index >= 15 is 0 Å². The van der Waals surface area contributed by atoms with Crippen molar-refractivity contribution >= 4 is 29.1 Å². The van der Waals surface area contributed by atoms with Gasteiger partial charge in [0.15, 0.2) is 0 Å². The van der Waals surface area contributed by atoms with E-state index in [2.05, 4.69) is 10.3 Å². The molecule has 1 unspecified atom stereocenters. The van der Waals surface area contributed by atoms with Gasteiger partial charge in [0.2, 0.25) is 18.0 Å². The lowest BCUT2D eigenvalue weighted by atomic mass is 9.81. The Morgan fingerprint density at radius 1 is 1.11 bits per heavy atom. The molecule has 0 spiro atoms. The molecule has 184 valence electrons. The molecule has 3 N–H and O–H groups in total. The van der Waals surface area contributed by atoms with Crippen molar-refractivity contribution in [1.29, 1.82) is 0 Å². The molecule has 3 amide bonds. The summed E-state index contributed by atoms with van der Waals surface area (Å²) in [6.45, 7) is 0. The van der Waals surface area contributed by atoms with E-state index in [1.54, 1.807) is 31.3 Å². The van der Waals surface area contributed by atoms with Crippen molar-refractivity contribution < 1.29 is 27.6 Å². The summed E-state index contributed by atoms with van der Waals surface area (Å²) in [6, 6.07) is 11.4. The van der Waals surface area contributed by atoms with E-state index in [4.69, 9.17) is 5.73 Å². The standard InChI is InChI=1S/C25H25F3N4O3/c1-32-18-7-3-2-6-17(18)20(15-8-10-16(11-9-15)25(26,27)28)30-21(22(32)34)31-23(35)24(14-19(29)33)12-4-5-13-24/h2-3,6-11,21H,4-5,12-14H2,1H3,(H2,29,33)(H,31,35). The van der Waals surface area contributed by atoms with E-state index in [1.807, 2.05) is 0 Å². The second kappa shape index (κ2) is 9.16. The Morgan fingerprint density at radius 3 is 2.34 bits per heavy atom. The number of rotatable bonds is 5. The zero-order valence-corrected chi connectivity index (χ0v) is 19.1. The minimum atomic E-state index is -4.50. The van der Waals surface area contributed by atoms with E-state index < -0.39 is 41.0 Å². The molecule has 1 aliphatic heterocycles. The van der Waals surface area contributed by atoms with E-state index in [1.165, 1.54) is 17.0 Å². The molecule has 1 saturated carbocycles. The van der Waals surface area contributed by atoms with Crippen molar-refractivity contribution in [3.05, 3.63) is 65.2 Å². The number of benzene rings is 2. The fourth-order valence-electron chi connectivity index (χ4n) is 4.81. The number of anilines is 1. The van der Waals surface area contributed by atoms with Crippen molar-refractivity contribution in [1.82, 2.24) is 5.32 Å². The van der Waals surface area contributed by atoms with Crippen LogP contribution in [0.1, 0.15) is 48.8 Å². The van der Waals surface area contributed by atoms with Gasteiger partial charge in [0.05, 0.1) is 22.4 Å². The van der Waals surface area contributed by atoms with E-state index in [-0.39, 0.29) is 12.1 Å². The highest BCUT2D eigenvalue weighted by Gasteiger charge is 2.44. The normalized spacial score (nSPS) is 19.5. The van der Waals surface area contributed by atoms with Crippen LogP contribution in [-0.4, -0.2) is 36.6 Å². The van der Waals surface area contributed by atoms with Crippen molar-refractivity contribution in [2.75, 3.05) is 11.9 Å². The van der Waals surface area contributed by atoms with Gasteiger partial charge in [-0.2, -0.15) is 13.2 Å². The summed E-state index contributed by atoms with van der Waals surface area (Å²) in [6.07, 6.45) is -3.52. The van der Waals surface area contributed by atoms with Gasteiger partial charge in [0.1, 0.15) is 0 Å². The van der Waals surface area contributed by atoms with Crippen molar-refractivity contribution in [2.24, 2.45) is 16.1 Å². The molecule has 2 aromatic rings. The van der Waals surface area contributed by atoms with Gasteiger partial charge < -0.3 is 16.0 Å². The summed E-state index contributed by atoms with van der Waals surface area (Å²) in [4.78, 5) is 44.2. The van der Waals surface area contributed by atoms with Crippen LogP contribution in [0.2, 0.25) is 0 Å². The second-order valence-corrected chi connectivity index (χ2v) is 8.97. The average Bonchev–Trinajstić information content (AvgIpc) is 3.26. The van der Waals surface area contributed by atoms with Crippen molar-refractivity contribution in [3.63, 3.8) is 0 Å². The summed E-state index contributed by atoms with van der Waals surface area (Å²) >= 11 is 0. The first-order valence-electron chi connectivity index (χ1n) is 11.2. The second-order valence-electron chi connectivity index (χ2n) is 8.97. The Kier molecular flexibility index (Phi) is 6.40. The third kappa shape index (κ3) is 4.78. The molecule has 10 heteroatoms. The predicted octanol–water partition coefficient (Wildman–Crippen LogP) is 3.40. The van der Waals surface area contributed by atoms with Gasteiger partial charge in [-0.1, -0.05) is 43.2 Å². The van der Waals surface area contributed by atoms with Crippen LogP contribution in [0.4, 0.5) is 18.9 Å². The number of fused-ring (bicyclic) bond motifs is 1. The SMILES string of the molecule is CN1C(=O)C(NC(=O)C2(CC(N)=O)CCCC2)N=C(c2ccc(C(F)(F)F)cc2)c2ccccc21. The smallest absolute Gasteiger partial charge is 0.370 e. The number of hydrogen-bond donors (Lipinski definition) is 2. The van der Waals surface area contributed by atoms with E-state index in [0.29, 0.717) is 29.7 Å². The van der Waals surface area contributed by atoms with Gasteiger partial charge >= 0.3 is 6.18 Å². The summed E-state index contributed by atoms with van der Waals surface area (Å²) < 4.78 is 39.3. The van der Waals surface area contributed by atoms with Gasteiger partial charge in [-0.25, -0.2) is 4.99 Å². The molecule has 0 saturated heterocycles. The van der Waals surface area contributed by atoms with Crippen molar-refractivity contribution in [2.45, 2.75) is 44.4 Å². The number of likely N-dealkylation sites (N-methyl/N-ethyl adjacent to an activating group) is 1. The highest BCUT2D eigenvalue weighted by Crippen LogP contribution is 2.41. The first kappa shape index (κ1) is 24.4. The molecular formula is C25H25F3N4O3. The van der Waals surface area contributed by atoms with E-state index in [0.717, 1.165) is 25.0 Å². The lowest BCUT2D eigenvalue weighted by Crippen LogP contribution is -2.51. The molecule has 35 heavy (non-hydrogen) atoms. The number of nitrogens with one attached hydrogen (secondary N) is 1. The molecule has 2 aliphatic rings. The van der Waals surface area contributed by atoms with Gasteiger partial charge in [-0.3, -0.25) is 14.4 Å². The number of hydrogen-bond acceptors (Lipinski definition) is 4. The number of aliphatic imine (C=N–C) groups is 1. The third-order valence-corrected chi connectivity index (χ3v) is 6.65. The molecule has 1 aliphatic carbocycles. The van der Waals surface area contributed by atoms with Crippen LogP contribution in [0.25, 0.3) is 0 Å². The number of alkyl halides is 3. The molecular weight excluding hydrogens is 461 g/mol. The molecule has 0 bridgehead atoms. The summed E-state index contributed by atoms with van der Waals surface area (Å²) in [7, 11) is 1.54. The zero-order chi connectivity index (χ0) is 25.4. The lowest BCUT2D eigenvalue weighted by Gasteiger charge is -2.28. The average molecular weight is 486 g/mol. The number of primary amides is 1. The van der Waals surface area contributed by atoms with Gasteiger partial charge in [-0.05, 0) is 31.0 Å². The van der Waals surface area contributed by atoms with Crippen LogP contribution in [0.3, 0.4) is 0 Å². The number of nitrogens with two attached hydrogens (primary N) is 1. The molecule has 1 fully saturated rings. The molecule has 2 aromatic carbocycles. The fraction of sp³-hybridized carbons (Fsp3) is 0.360. The fourth-order valence-corrected chi connectivity index (χ4v) is 4.81. The molecule has 0 radical (unpaired) electrons. The maximum absolute atomic E-state index is 13.3. The van der Waals surface area contributed by atoms with Gasteiger partial charge in [-0.15, -0.1) is 0 Å². The Labute approximate surface area is 200 Å². The topological polar surface area (TPSA) is 105 Å². The number of carbonyl (C=O) groups is 3. The largest absolute Gasteiger partial charge is 0.416 e. The maximum atomic E-state index is 13.3.